The molecule has 2 rings (SSSR count). The molecule has 3 unspecified atom stereocenters. The summed E-state index contributed by atoms with van der Waals surface area (Å²) < 4.78 is 11.3. The van der Waals surface area contributed by atoms with Crippen LogP contribution in [-0.2, 0) is 4.74 Å². The van der Waals surface area contributed by atoms with Crippen molar-refractivity contribution in [3.8, 4) is 0 Å². The van der Waals surface area contributed by atoms with Gasteiger partial charge in [0.1, 0.15) is 5.76 Å². The lowest BCUT2D eigenvalue weighted by molar-refractivity contribution is -0.00522. The van der Waals surface area contributed by atoms with Gasteiger partial charge in [-0.05, 0) is 33.1 Å². The minimum Gasteiger partial charge on any atom is -0.444 e. The van der Waals surface area contributed by atoms with Crippen molar-refractivity contribution in [2.45, 2.75) is 64.6 Å². The predicted molar refractivity (Wildman–Crippen MR) is 70.5 cm³/mol. The molecule has 2 heterocycles. The van der Waals surface area contributed by atoms with E-state index in [1.165, 1.54) is 6.42 Å². The molecule has 1 fully saturated rings. The zero-order chi connectivity index (χ0) is 13.0. The summed E-state index contributed by atoms with van der Waals surface area (Å²) in [5, 5.41) is 3.60. The number of ether oxygens (including phenoxy) is 1. The lowest BCUT2D eigenvalue weighted by Crippen LogP contribution is -2.40. The lowest BCUT2D eigenvalue weighted by Gasteiger charge is -2.31. The van der Waals surface area contributed by atoms with Gasteiger partial charge in [0.25, 0.3) is 0 Å². The maximum Gasteiger partial charge on any atom is 0.211 e. The first kappa shape index (κ1) is 13.6. The van der Waals surface area contributed by atoms with Gasteiger partial charge in [0.05, 0.1) is 18.3 Å². The fourth-order valence-electron chi connectivity index (χ4n) is 2.55. The van der Waals surface area contributed by atoms with Crippen molar-refractivity contribution in [1.82, 2.24) is 10.3 Å². The Balaban J connectivity index is 1.85. The molecule has 18 heavy (non-hydrogen) atoms. The number of nitrogens with one attached hydrogen (secondary N) is 1. The van der Waals surface area contributed by atoms with E-state index in [1.807, 2.05) is 6.92 Å². The largest absolute Gasteiger partial charge is 0.444 e. The standard InChI is InChI=1S/C14H24N2O2/c1-4-5-13-8-12(6-7-17-13)16-11(3)14-15-9-10(2)18-14/h9,11-13,16H,4-8H2,1-3H3. The fourth-order valence-corrected chi connectivity index (χ4v) is 2.55. The van der Waals surface area contributed by atoms with Crippen molar-refractivity contribution < 1.29 is 9.15 Å². The third kappa shape index (κ3) is 3.56. The smallest absolute Gasteiger partial charge is 0.211 e. The van der Waals surface area contributed by atoms with E-state index in [-0.39, 0.29) is 6.04 Å². The Morgan fingerprint density at radius 1 is 1.56 bits per heavy atom. The summed E-state index contributed by atoms with van der Waals surface area (Å²) in [4.78, 5) is 4.28. The zero-order valence-corrected chi connectivity index (χ0v) is 11.6. The van der Waals surface area contributed by atoms with Crippen LogP contribution in [0.4, 0.5) is 0 Å². The van der Waals surface area contributed by atoms with E-state index in [0.29, 0.717) is 12.1 Å². The van der Waals surface area contributed by atoms with Crippen molar-refractivity contribution in [3.05, 3.63) is 17.8 Å². The minimum absolute atomic E-state index is 0.170. The van der Waals surface area contributed by atoms with Crippen LogP contribution >= 0.6 is 0 Å². The molecule has 4 nitrogen and oxygen atoms in total. The molecule has 1 aliphatic rings. The van der Waals surface area contributed by atoms with Gasteiger partial charge in [0, 0.05) is 12.6 Å². The summed E-state index contributed by atoms with van der Waals surface area (Å²) >= 11 is 0. The van der Waals surface area contributed by atoms with E-state index >= 15 is 0 Å². The van der Waals surface area contributed by atoms with E-state index in [2.05, 4.69) is 24.1 Å². The summed E-state index contributed by atoms with van der Waals surface area (Å²) in [6.45, 7) is 7.10. The molecule has 0 amide bonds. The predicted octanol–water partition coefficient (Wildman–Crippen LogP) is 2.98. The highest BCUT2D eigenvalue weighted by atomic mass is 16.5. The maximum atomic E-state index is 5.76. The number of hydrogen-bond donors (Lipinski definition) is 1. The van der Waals surface area contributed by atoms with Crippen LogP contribution in [0.5, 0.6) is 0 Å². The number of oxazole rings is 1. The normalized spacial score (nSPS) is 26.2. The number of rotatable bonds is 5. The first-order valence-electron chi connectivity index (χ1n) is 6.99. The number of hydrogen-bond acceptors (Lipinski definition) is 4. The van der Waals surface area contributed by atoms with Crippen LogP contribution in [0.3, 0.4) is 0 Å². The van der Waals surface area contributed by atoms with E-state index in [0.717, 1.165) is 37.5 Å². The molecule has 0 saturated carbocycles. The van der Waals surface area contributed by atoms with Crippen LogP contribution in [0, 0.1) is 6.92 Å². The molecule has 1 N–H and O–H groups in total. The number of nitrogens with zero attached hydrogens (tertiary/aromatic N) is 1. The zero-order valence-electron chi connectivity index (χ0n) is 11.6. The summed E-state index contributed by atoms with van der Waals surface area (Å²) in [6, 6.07) is 0.682. The molecule has 1 aliphatic heterocycles. The van der Waals surface area contributed by atoms with Crippen LogP contribution < -0.4 is 5.32 Å². The third-order valence-electron chi connectivity index (χ3n) is 3.47. The molecule has 0 bridgehead atoms. The monoisotopic (exact) mass is 252 g/mol. The summed E-state index contributed by atoms with van der Waals surface area (Å²) in [5.41, 5.74) is 0. The first-order chi connectivity index (χ1) is 8.69. The third-order valence-corrected chi connectivity index (χ3v) is 3.47. The molecule has 102 valence electrons. The summed E-state index contributed by atoms with van der Waals surface area (Å²) in [6.07, 6.45) is 6.70. The van der Waals surface area contributed by atoms with Crippen molar-refractivity contribution >= 4 is 0 Å². The second-order valence-corrected chi connectivity index (χ2v) is 5.20. The molecule has 0 aliphatic carbocycles. The van der Waals surface area contributed by atoms with Gasteiger partial charge >= 0.3 is 0 Å². The highest BCUT2D eigenvalue weighted by molar-refractivity contribution is 4.96. The van der Waals surface area contributed by atoms with E-state index < -0.39 is 0 Å². The Hall–Kier alpha value is -0.870. The van der Waals surface area contributed by atoms with Crippen molar-refractivity contribution in [3.63, 3.8) is 0 Å². The van der Waals surface area contributed by atoms with Crippen molar-refractivity contribution in [1.29, 1.82) is 0 Å². The van der Waals surface area contributed by atoms with Gasteiger partial charge < -0.3 is 14.5 Å². The first-order valence-corrected chi connectivity index (χ1v) is 6.99. The Morgan fingerprint density at radius 2 is 2.39 bits per heavy atom. The molecular weight excluding hydrogens is 228 g/mol. The average molecular weight is 252 g/mol. The second kappa shape index (κ2) is 6.34. The van der Waals surface area contributed by atoms with E-state index in [9.17, 15) is 0 Å². The van der Waals surface area contributed by atoms with Crippen LogP contribution in [0.15, 0.2) is 10.6 Å². The quantitative estimate of drug-likeness (QED) is 0.875. The Morgan fingerprint density at radius 3 is 3.06 bits per heavy atom. The summed E-state index contributed by atoms with van der Waals surface area (Å²) in [5.74, 6) is 1.65. The molecule has 1 aromatic heterocycles. The van der Waals surface area contributed by atoms with E-state index in [1.54, 1.807) is 6.20 Å². The van der Waals surface area contributed by atoms with Gasteiger partial charge in [-0.25, -0.2) is 4.98 Å². The van der Waals surface area contributed by atoms with Gasteiger partial charge in [-0.1, -0.05) is 13.3 Å². The molecule has 1 aromatic rings. The molecule has 3 atom stereocenters. The molecule has 0 spiro atoms. The lowest BCUT2D eigenvalue weighted by atomic mass is 9.99. The summed E-state index contributed by atoms with van der Waals surface area (Å²) in [7, 11) is 0. The Kier molecular flexibility index (Phi) is 4.78. The SMILES string of the molecule is CCCC1CC(NC(C)c2ncc(C)o2)CCO1. The van der Waals surface area contributed by atoms with Gasteiger partial charge in [-0.15, -0.1) is 0 Å². The molecule has 0 aromatic carbocycles. The van der Waals surface area contributed by atoms with Gasteiger partial charge in [0.15, 0.2) is 0 Å². The Labute approximate surface area is 109 Å². The van der Waals surface area contributed by atoms with Crippen LogP contribution in [-0.4, -0.2) is 23.7 Å². The highest BCUT2D eigenvalue weighted by Gasteiger charge is 2.24. The number of aryl methyl sites for hydroxylation is 1. The minimum atomic E-state index is 0.170. The van der Waals surface area contributed by atoms with Crippen LogP contribution in [0.1, 0.15) is 57.2 Å². The van der Waals surface area contributed by atoms with Crippen LogP contribution in [0.25, 0.3) is 0 Å². The second-order valence-electron chi connectivity index (χ2n) is 5.20. The maximum absolute atomic E-state index is 5.76. The van der Waals surface area contributed by atoms with Crippen molar-refractivity contribution in [2.24, 2.45) is 0 Å². The number of aromatic nitrogens is 1. The highest BCUT2D eigenvalue weighted by Crippen LogP contribution is 2.21. The van der Waals surface area contributed by atoms with Gasteiger partial charge in [0.2, 0.25) is 5.89 Å². The topological polar surface area (TPSA) is 47.3 Å². The molecule has 1 saturated heterocycles. The fraction of sp³-hybridized carbons (Fsp3) is 0.786. The molecular formula is C14H24N2O2. The van der Waals surface area contributed by atoms with E-state index in [4.69, 9.17) is 9.15 Å². The van der Waals surface area contributed by atoms with Gasteiger partial charge in [-0.3, -0.25) is 0 Å². The molecule has 0 radical (unpaired) electrons. The van der Waals surface area contributed by atoms with Crippen LogP contribution in [0.2, 0.25) is 0 Å². The molecule has 4 heteroatoms. The van der Waals surface area contributed by atoms with Gasteiger partial charge in [-0.2, -0.15) is 0 Å². The average Bonchev–Trinajstić information content (AvgIpc) is 2.77. The van der Waals surface area contributed by atoms with Crippen molar-refractivity contribution in [2.75, 3.05) is 6.61 Å². The Bertz CT molecular complexity index is 362.